The van der Waals surface area contributed by atoms with Crippen LogP contribution in [0.4, 0.5) is 5.69 Å². The monoisotopic (exact) mass is 425 g/mol. The lowest BCUT2D eigenvalue weighted by molar-refractivity contribution is -0.885. The van der Waals surface area contributed by atoms with E-state index >= 15 is 0 Å². The molecule has 1 atom stereocenters. The largest absolute Gasteiger partial charge is 0.349 e. The second-order valence-corrected chi connectivity index (χ2v) is 9.23. The van der Waals surface area contributed by atoms with Crippen LogP contribution in [0.2, 0.25) is 0 Å². The number of aryl methyl sites for hydroxylation is 4. The Morgan fingerprint density at radius 2 is 1.80 bits per heavy atom. The van der Waals surface area contributed by atoms with E-state index in [2.05, 4.69) is 61.2 Å². The van der Waals surface area contributed by atoms with Crippen LogP contribution in [0.25, 0.3) is 11.3 Å². The molecule has 160 valence electrons. The van der Waals surface area contributed by atoms with Crippen LogP contribution >= 0.6 is 11.3 Å². The Hall–Kier alpha value is -2.44. The molecule has 2 aromatic heterocycles. The second-order valence-electron chi connectivity index (χ2n) is 8.29. The molecule has 0 aliphatic heterocycles. The number of aromatic nitrogens is 2. The minimum Gasteiger partial charge on any atom is -0.349 e. The third kappa shape index (κ3) is 4.82. The molecule has 0 saturated carbocycles. The van der Waals surface area contributed by atoms with Gasteiger partial charge in [0.05, 0.1) is 12.7 Å². The summed E-state index contributed by atoms with van der Waals surface area (Å²) in [5.74, 6) is 0.0332. The predicted octanol–water partition coefficient (Wildman–Crippen LogP) is 3.83. The average Bonchev–Trinajstić information content (AvgIpc) is 3.21. The number of thiazole rings is 1. The predicted molar refractivity (Wildman–Crippen MR) is 125 cm³/mol. The number of amides is 1. The van der Waals surface area contributed by atoms with Gasteiger partial charge in [0, 0.05) is 34.6 Å². The number of carbonyl (C=O) groups is 1. The molecule has 6 heteroatoms. The van der Waals surface area contributed by atoms with Gasteiger partial charge in [-0.25, -0.2) is 4.98 Å². The molecule has 30 heavy (non-hydrogen) atoms. The van der Waals surface area contributed by atoms with Crippen LogP contribution < -0.4 is 10.2 Å². The number of likely N-dealkylation sites (N-methyl/N-ethyl adjacent to an activating group) is 1. The highest BCUT2D eigenvalue weighted by Gasteiger charge is 2.17. The Balaban J connectivity index is 1.63. The van der Waals surface area contributed by atoms with Gasteiger partial charge in [0.2, 0.25) is 0 Å². The summed E-state index contributed by atoms with van der Waals surface area (Å²) < 4.78 is 2.31. The van der Waals surface area contributed by atoms with Gasteiger partial charge in [-0.2, -0.15) is 0 Å². The minimum absolute atomic E-state index is 0.0332. The molecule has 2 heterocycles. The smallest absolute Gasteiger partial charge is 0.279 e. The van der Waals surface area contributed by atoms with Crippen molar-refractivity contribution in [1.29, 1.82) is 0 Å². The standard InChI is InChI=1S/C24H32N4OS/c1-8-28-18(5)11-20(19(28)6)21-14-30-23(25-21)13-27(7)12-22(29)26-24-16(3)9-15(2)10-17(24)4/h9-11,14H,8,12-13H2,1-7H3,(H,26,29)/p+1. The molecule has 0 saturated heterocycles. The number of nitrogens with one attached hydrogen (secondary N) is 2. The third-order valence-electron chi connectivity index (χ3n) is 5.57. The van der Waals surface area contributed by atoms with Gasteiger partial charge in [-0.3, -0.25) is 4.79 Å². The van der Waals surface area contributed by atoms with Crippen LogP contribution in [0.5, 0.6) is 0 Å². The molecule has 1 amide bonds. The van der Waals surface area contributed by atoms with Crippen molar-refractivity contribution in [3.63, 3.8) is 0 Å². The van der Waals surface area contributed by atoms with E-state index in [1.54, 1.807) is 11.3 Å². The average molecular weight is 426 g/mol. The molecule has 1 unspecified atom stereocenters. The van der Waals surface area contributed by atoms with Gasteiger partial charge >= 0.3 is 0 Å². The van der Waals surface area contributed by atoms with Crippen LogP contribution in [-0.2, 0) is 17.9 Å². The Kier molecular flexibility index (Phi) is 6.78. The molecule has 0 radical (unpaired) electrons. The maximum atomic E-state index is 12.6. The molecule has 0 fully saturated rings. The fraction of sp³-hybridized carbons (Fsp3) is 0.417. The number of nitrogens with zero attached hydrogens (tertiary/aromatic N) is 2. The lowest BCUT2D eigenvalue weighted by Gasteiger charge is -2.15. The van der Waals surface area contributed by atoms with Crippen molar-refractivity contribution in [2.45, 2.75) is 54.6 Å². The lowest BCUT2D eigenvalue weighted by Crippen LogP contribution is -3.08. The van der Waals surface area contributed by atoms with Crippen LogP contribution in [-0.4, -0.2) is 29.1 Å². The molecule has 0 spiro atoms. The van der Waals surface area contributed by atoms with Gasteiger partial charge in [0.25, 0.3) is 5.91 Å². The van der Waals surface area contributed by atoms with Crippen molar-refractivity contribution in [3.05, 3.63) is 56.7 Å². The van der Waals surface area contributed by atoms with Gasteiger partial charge in [0.1, 0.15) is 11.6 Å². The fourth-order valence-electron chi connectivity index (χ4n) is 4.22. The summed E-state index contributed by atoms with van der Waals surface area (Å²) in [7, 11) is 2.04. The fourth-order valence-corrected chi connectivity index (χ4v) is 5.13. The van der Waals surface area contributed by atoms with Crippen LogP contribution in [0.15, 0.2) is 23.6 Å². The Labute approximate surface area is 183 Å². The van der Waals surface area contributed by atoms with E-state index in [0.717, 1.165) is 45.5 Å². The maximum absolute atomic E-state index is 12.6. The molecule has 2 N–H and O–H groups in total. The van der Waals surface area contributed by atoms with Crippen LogP contribution in [0.3, 0.4) is 0 Å². The summed E-state index contributed by atoms with van der Waals surface area (Å²) >= 11 is 1.67. The highest BCUT2D eigenvalue weighted by atomic mass is 32.1. The number of anilines is 1. The zero-order valence-electron chi connectivity index (χ0n) is 19.1. The number of quaternary nitrogens is 1. The SMILES string of the molecule is CCn1c(C)cc(-c2csc(C[NH+](C)CC(=O)Nc3c(C)cc(C)cc3C)n2)c1C. The van der Waals surface area contributed by atoms with Gasteiger partial charge < -0.3 is 14.8 Å². The number of carbonyl (C=O) groups excluding carboxylic acids is 1. The molecular formula is C24H33N4OS+. The normalized spacial score (nSPS) is 12.2. The van der Waals surface area contributed by atoms with Crippen LogP contribution in [0, 0.1) is 34.6 Å². The molecule has 1 aromatic carbocycles. The van der Waals surface area contributed by atoms with Crippen LogP contribution in [0.1, 0.15) is 40.0 Å². The molecule has 3 aromatic rings. The number of benzene rings is 1. The summed E-state index contributed by atoms with van der Waals surface area (Å²) in [6, 6.07) is 6.42. The first-order valence-corrected chi connectivity index (χ1v) is 11.4. The van der Waals surface area contributed by atoms with Gasteiger partial charge in [0.15, 0.2) is 6.54 Å². The Morgan fingerprint density at radius 3 is 2.40 bits per heavy atom. The Morgan fingerprint density at radius 1 is 1.13 bits per heavy atom. The first-order chi connectivity index (χ1) is 14.2. The quantitative estimate of drug-likeness (QED) is 0.605. The first kappa shape index (κ1) is 22.2. The molecule has 3 rings (SSSR count). The van der Waals surface area contributed by atoms with E-state index in [0.29, 0.717) is 6.54 Å². The topological polar surface area (TPSA) is 51.4 Å². The number of hydrogen-bond acceptors (Lipinski definition) is 3. The number of rotatable bonds is 7. The van der Waals surface area contributed by atoms with Crippen molar-refractivity contribution >= 4 is 22.9 Å². The van der Waals surface area contributed by atoms with Crippen molar-refractivity contribution < 1.29 is 9.69 Å². The van der Waals surface area contributed by atoms with E-state index < -0.39 is 0 Å². The van der Waals surface area contributed by atoms with Gasteiger partial charge in [-0.1, -0.05) is 17.7 Å². The summed E-state index contributed by atoms with van der Waals surface area (Å²) in [5.41, 5.74) is 9.12. The first-order valence-electron chi connectivity index (χ1n) is 10.5. The number of hydrogen-bond donors (Lipinski definition) is 2. The van der Waals surface area contributed by atoms with Crippen molar-refractivity contribution in [2.24, 2.45) is 0 Å². The lowest BCUT2D eigenvalue weighted by atomic mass is 10.1. The van der Waals surface area contributed by atoms with E-state index in [-0.39, 0.29) is 5.91 Å². The second kappa shape index (κ2) is 9.14. The molecule has 0 aliphatic rings. The van der Waals surface area contributed by atoms with Gasteiger partial charge in [-0.15, -0.1) is 11.3 Å². The molecular weight excluding hydrogens is 392 g/mol. The van der Waals surface area contributed by atoms with E-state index in [1.165, 1.54) is 22.5 Å². The maximum Gasteiger partial charge on any atom is 0.279 e. The minimum atomic E-state index is 0.0332. The molecule has 5 nitrogen and oxygen atoms in total. The van der Waals surface area contributed by atoms with Crippen molar-refractivity contribution in [1.82, 2.24) is 9.55 Å². The van der Waals surface area contributed by atoms with Crippen molar-refractivity contribution in [2.75, 3.05) is 18.9 Å². The van der Waals surface area contributed by atoms with E-state index in [9.17, 15) is 4.79 Å². The summed E-state index contributed by atoms with van der Waals surface area (Å²) in [6.07, 6.45) is 0. The highest BCUT2D eigenvalue weighted by Crippen LogP contribution is 2.28. The van der Waals surface area contributed by atoms with E-state index in [4.69, 9.17) is 4.98 Å². The highest BCUT2D eigenvalue weighted by molar-refractivity contribution is 7.09. The van der Waals surface area contributed by atoms with Crippen molar-refractivity contribution in [3.8, 4) is 11.3 Å². The van der Waals surface area contributed by atoms with E-state index in [1.807, 2.05) is 20.9 Å². The molecule has 0 aliphatic carbocycles. The van der Waals surface area contributed by atoms with Gasteiger partial charge in [-0.05, 0) is 58.7 Å². The summed E-state index contributed by atoms with van der Waals surface area (Å²) in [6.45, 7) is 14.7. The zero-order valence-corrected chi connectivity index (χ0v) is 20.0. The summed E-state index contributed by atoms with van der Waals surface area (Å²) in [5, 5.41) is 6.28. The zero-order chi connectivity index (χ0) is 22.0. The Bertz CT molecular complexity index is 1040. The summed E-state index contributed by atoms with van der Waals surface area (Å²) in [4.78, 5) is 18.6. The molecule has 0 bridgehead atoms. The third-order valence-corrected chi connectivity index (χ3v) is 6.42.